The SMILES string of the molecule is CCOP(=O)(CC(=NOC(=O)c1ccccc1)C(=O)c1ccc(Sc2ccccc2)cc1)OCC. The topological polar surface area (TPSA) is 91.3 Å². The van der Waals surface area contributed by atoms with E-state index in [0.717, 1.165) is 9.79 Å². The number of nitrogens with zero attached hydrogens (tertiary/aromatic N) is 1. The maximum Gasteiger partial charge on any atom is 0.365 e. The van der Waals surface area contributed by atoms with Crippen LogP contribution in [0.5, 0.6) is 0 Å². The smallest absolute Gasteiger partial charge is 0.312 e. The number of ketones is 1. The summed E-state index contributed by atoms with van der Waals surface area (Å²) < 4.78 is 23.7. The van der Waals surface area contributed by atoms with Crippen LogP contribution in [0.2, 0.25) is 0 Å². The lowest BCUT2D eigenvalue weighted by Crippen LogP contribution is -2.21. The van der Waals surface area contributed by atoms with Gasteiger partial charge in [-0.25, -0.2) is 4.79 Å². The van der Waals surface area contributed by atoms with E-state index in [4.69, 9.17) is 13.9 Å². The summed E-state index contributed by atoms with van der Waals surface area (Å²) in [5.74, 6) is -1.28. The molecule has 0 aliphatic heterocycles. The summed E-state index contributed by atoms with van der Waals surface area (Å²) in [6, 6.07) is 25.0. The van der Waals surface area contributed by atoms with Gasteiger partial charge in [-0.05, 0) is 62.4 Å². The Balaban J connectivity index is 1.84. The molecule has 0 unspecified atom stereocenters. The maximum absolute atomic E-state index is 13.3. The van der Waals surface area contributed by atoms with Crippen molar-refractivity contribution in [1.82, 2.24) is 0 Å². The molecule has 0 bridgehead atoms. The molecule has 0 N–H and O–H groups in total. The van der Waals surface area contributed by atoms with Crippen LogP contribution in [-0.2, 0) is 18.5 Å². The molecule has 35 heavy (non-hydrogen) atoms. The molecule has 182 valence electrons. The second-order valence-electron chi connectivity index (χ2n) is 7.16. The van der Waals surface area contributed by atoms with Gasteiger partial charge in [0.25, 0.3) is 0 Å². The van der Waals surface area contributed by atoms with Crippen molar-refractivity contribution in [1.29, 1.82) is 0 Å². The van der Waals surface area contributed by atoms with Crippen molar-refractivity contribution in [3.63, 3.8) is 0 Å². The fraction of sp³-hybridized carbons (Fsp3) is 0.192. The molecule has 0 atom stereocenters. The Hall–Kier alpha value is -3.03. The summed E-state index contributed by atoms with van der Waals surface area (Å²) in [5.41, 5.74) is 0.336. The first-order chi connectivity index (χ1) is 16.9. The molecular weight excluding hydrogens is 485 g/mol. The van der Waals surface area contributed by atoms with Gasteiger partial charge in [-0.1, -0.05) is 53.3 Å². The minimum Gasteiger partial charge on any atom is -0.312 e. The molecule has 0 saturated heterocycles. The van der Waals surface area contributed by atoms with Gasteiger partial charge in [-0.15, -0.1) is 0 Å². The number of Topliss-reactive ketones (excluding diaryl/α,β-unsaturated/α-hetero) is 1. The number of carbonyl (C=O) groups excluding carboxylic acids is 2. The lowest BCUT2D eigenvalue weighted by atomic mass is 10.1. The number of benzene rings is 3. The van der Waals surface area contributed by atoms with E-state index in [0.29, 0.717) is 5.56 Å². The third-order valence-corrected chi connectivity index (χ3v) is 7.61. The lowest BCUT2D eigenvalue weighted by molar-refractivity contribution is 0.0515. The van der Waals surface area contributed by atoms with Gasteiger partial charge in [0.2, 0.25) is 5.78 Å². The normalized spacial score (nSPS) is 11.8. The van der Waals surface area contributed by atoms with E-state index in [9.17, 15) is 14.2 Å². The second-order valence-corrected chi connectivity index (χ2v) is 10.4. The lowest BCUT2D eigenvalue weighted by Gasteiger charge is -2.17. The molecular formula is C26H26NO6PS. The van der Waals surface area contributed by atoms with Crippen LogP contribution in [0.1, 0.15) is 34.6 Å². The highest BCUT2D eigenvalue weighted by molar-refractivity contribution is 7.99. The number of carbonyl (C=O) groups is 2. The van der Waals surface area contributed by atoms with Crippen LogP contribution < -0.4 is 0 Å². The van der Waals surface area contributed by atoms with Crippen molar-refractivity contribution in [3.8, 4) is 0 Å². The van der Waals surface area contributed by atoms with E-state index in [1.54, 1.807) is 68.1 Å². The average Bonchev–Trinajstić information content (AvgIpc) is 2.88. The van der Waals surface area contributed by atoms with E-state index < -0.39 is 25.5 Å². The third-order valence-electron chi connectivity index (χ3n) is 4.60. The van der Waals surface area contributed by atoms with E-state index in [2.05, 4.69) is 5.16 Å². The molecule has 7 nitrogen and oxygen atoms in total. The van der Waals surface area contributed by atoms with Crippen LogP contribution in [0.3, 0.4) is 0 Å². The molecule has 0 aromatic heterocycles. The molecule has 0 spiro atoms. The molecule has 0 aliphatic rings. The Morgan fingerprint density at radius 1 is 0.771 bits per heavy atom. The molecule has 9 heteroatoms. The number of oxime groups is 1. The van der Waals surface area contributed by atoms with Gasteiger partial charge in [-0.3, -0.25) is 9.36 Å². The second kappa shape index (κ2) is 13.2. The third kappa shape index (κ3) is 8.01. The zero-order valence-corrected chi connectivity index (χ0v) is 21.2. The van der Waals surface area contributed by atoms with E-state index >= 15 is 0 Å². The van der Waals surface area contributed by atoms with Gasteiger partial charge in [0.05, 0.1) is 24.9 Å². The Morgan fingerprint density at radius 3 is 1.89 bits per heavy atom. The first kappa shape index (κ1) is 26.6. The maximum atomic E-state index is 13.3. The highest BCUT2D eigenvalue weighted by Gasteiger charge is 2.31. The Labute approximate surface area is 209 Å². The van der Waals surface area contributed by atoms with Crippen LogP contribution >= 0.6 is 19.4 Å². The summed E-state index contributed by atoms with van der Waals surface area (Å²) >= 11 is 1.56. The molecule has 0 aliphatic carbocycles. The van der Waals surface area contributed by atoms with Crippen LogP contribution in [0.15, 0.2) is 99.9 Å². The minimum atomic E-state index is -3.68. The monoisotopic (exact) mass is 511 g/mol. The number of hydrogen-bond donors (Lipinski definition) is 0. The zero-order chi connectivity index (χ0) is 25.1. The van der Waals surface area contributed by atoms with Crippen LogP contribution in [0.25, 0.3) is 0 Å². The van der Waals surface area contributed by atoms with Crippen molar-refractivity contribution in [2.75, 3.05) is 19.4 Å². The fourth-order valence-electron chi connectivity index (χ4n) is 3.04. The molecule has 0 amide bonds. The van der Waals surface area contributed by atoms with Crippen molar-refractivity contribution in [2.45, 2.75) is 23.6 Å². The minimum absolute atomic E-state index is 0.119. The summed E-state index contributed by atoms with van der Waals surface area (Å²) in [7, 11) is -3.68. The van der Waals surface area contributed by atoms with E-state index in [-0.39, 0.29) is 24.5 Å². The average molecular weight is 512 g/mol. The number of hydrogen-bond acceptors (Lipinski definition) is 8. The van der Waals surface area contributed by atoms with Crippen LogP contribution in [0.4, 0.5) is 0 Å². The molecule has 0 heterocycles. The molecule has 3 rings (SSSR count). The van der Waals surface area contributed by atoms with Crippen LogP contribution in [0, 0.1) is 0 Å². The van der Waals surface area contributed by atoms with Crippen molar-refractivity contribution >= 4 is 36.8 Å². The standard InChI is InChI=1S/C26H26NO6PS/c1-3-31-34(30,32-4-2)19-24(27-33-26(29)21-11-7-5-8-12-21)25(28)20-15-17-23(18-16-20)35-22-13-9-6-10-14-22/h5-18H,3-4,19H2,1-2H3. The number of rotatable bonds is 12. The van der Waals surface area contributed by atoms with E-state index in [1.165, 1.54) is 0 Å². The highest BCUT2D eigenvalue weighted by atomic mass is 32.2. The Morgan fingerprint density at radius 2 is 1.31 bits per heavy atom. The van der Waals surface area contributed by atoms with Gasteiger partial charge in [-0.2, -0.15) is 0 Å². The van der Waals surface area contributed by atoms with Crippen molar-refractivity contribution < 1.29 is 28.0 Å². The van der Waals surface area contributed by atoms with Gasteiger partial charge in [0, 0.05) is 15.4 Å². The quantitative estimate of drug-likeness (QED) is 0.0901. The largest absolute Gasteiger partial charge is 0.365 e. The van der Waals surface area contributed by atoms with Crippen molar-refractivity contribution in [3.05, 3.63) is 96.1 Å². The molecule has 0 saturated carbocycles. The molecule has 3 aromatic rings. The first-order valence-corrected chi connectivity index (χ1v) is 13.6. The summed E-state index contributed by atoms with van der Waals surface area (Å²) in [6.45, 7) is 3.58. The Bertz CT molecular complexity index is 1190. The fourth-order valence-corrected chi connectivity index (χ4v) is 5.49. The van der Waals surface area contributed by atoms with Crippen LogP contribution in [-0.4, -0.2) is 36.8 Å². The molecule has 0 fully saturated rings. The predicted molar refractivity (Wildman–Crippen MR) is 136 cm³/mol. The Kier molecular flexibility index (Phi) is 9.99. The molecule has 0 radical (unpaired) electrons. The van der Waals surface area contributed by atoms with Crippen molar-refractivity contribution in [2.24, 2.45) is 5.16 Å². The predicted octanol–water partition coefficient (Wildman–Crippen LogP) is 6.50. The van der Waals surface area contributed by atoms with Gasteiger partial charge >= 0.3 is 13.6 Å². The van der Waals surface area contributed by atoms with Gasteiger partial charge < -0.3 is 13.9 Å². The summed E-state index contributed by atoms with van der Waals surface area (Å²) in [5, 5.41) is 3.80. The van der Waals surface area contributed by atoms with Gasteiger partial charge in [0.15, 0.2) is 0 Å². The highest BCUT2D eigenvalue weighted by Crippen LogP contribution is 2.48. The summed E-state index contributed by atoms with van der Waals surface area (Å²) in [6.07, 6.45) is -0.434. The van der Waals surface area contributed by atoms with Gasteiger partial charge in [0.1, 0.15) is 5.71 Å². The molecule has 3 aromatic carbocycles. The first-order valence-electron chi connectivity index (χ1n) is 11.0. The zero-order valence-electron chi connectivity index (χ0n) is 19.5. The van der Waals surface area contributed by atoms with E-state index in [1.807, 2.05) is 42.5 Å². The summed E-state index contributed by atoms with van der Waals surface area (Å²) in [4.78, 5) is 32.7.